The van der Waals surface area contributed by atoms with E-state index in [9.17, 15) is 4.79 Å². The van der Waals surface area contributed by atoms with Crippen molar-refractivity contribution >= 4 is 11.8 Å². The quantitative estimate of drug-likeness (QED) is 0.851. The standard InChI is InChI=1S/C18H27N3O3/c1-5-23-16-6-15(7-19-8-16)20-9-13-11-21(12-14(13)10-20)17(22)24-18(2,3)4/h6-8,13-14H,5,9-12H2,1-4H3. The van der Waals surface area contributed by atoms with Gasteiger partial charge in [-0.1, -0.05) is 0 Å². The Morgan fingerprint density at radius 1 is 1.21 bits per heavy atom. The van der Waals surface area contributed by atoms with Gasteiger partial charge in [0.1, 0.15) is 11.4 Å². The second-order valence-corrected chi connectivity index (χ2v) is 7.62. The Hall–Kier alpha value is -1.98. The fourth-order valence-corrected chi connectivity index (χ4v) is 3.51. The molecular formula is C18H27N3O3. The lowest BCUT2D eigenvalue weighted by Crippen LogP contribution is -2.37. The summed E-state index contributed by atoms with van der Waals surface area (Å²) < 4.78 is 11.0. The number of carbonyl (C=O) groups is 1. The number of hydrogen-bond acceptors (Lipinski definition) is 5. The predicted molar refractivity (Wildman–Crippen MR) is 92.4 cm³/mol. The van der Waals surface area contributed by atoms with E-state index in [1.54, 1.807) is 6.20 Å². The zero-order valence-corrected chi connectivity index (χ0v) is 15.0. The number of amides is 1. The van der Waals surface area contributed by atoms with Crippen molar-refractivity contribution in [3.8, 4) is 5.75 Å². The minimum atomic E-state index is -0.438. The minimum Gasteiger partial charge on any atom is -0.492 e. The number of pyridine rings is 1. The summed E-state index contributed by atoms with van der Waals surface area (Å²) in [5, 5.41) is 0. The maximum atomic E-state index is 12.2. The van der Waals surface area contributed by atoms with E-state index < -0.39 is 5.60 Å². The van der Waals surface area contributed by atoms with Crippen LogP contribution in [0.25, 0.3) is 0 Å². The molecule has 2 saturated heterocycles. The van der Waals surface area contributed by atoms with Crippen molar-refractivity contribution < 1.29 is 14.3 Å². The highest BCUT2D eigenvalue weighted by atomic mass is 16.6. The average molecular weight is 333 g/mol. The van der Waals surface area contributed by atoms with Crippen LogP contribution in [0.15, 0.2) is 18.5 Å². The van der Waals surface area contributed by atoms with Crippen molar-refractivity contribution in [1.29, 1.82) is 0 Å². The Bertz CT molecular complexity index is 585. The van der Waals surface area contributed by atoms with Gasteiger partial charge in [0.25, 0.3) is 0 Å². The zero-order valence-electron chi connectivity index (χ0n) is 15.0. The third-order valence-corrected chi connectivity index (χ3v) is 4.51. The predicted octanol–water partition coefficient (Wildman–Crippen LogP) is 2.78. The maximum absolute atomic E-state index is 12.2. The summed E-state index contributed by atoms with van der Waals surface area (Å²) in [5.41, 5.74) is 0.658. The number of fused-ring (bicyclic) bond motifs is 1. The van der Waals surface area contributed by atoms with Crippen LogP contribution in [0, 0.1) is 11.8 Å². The monoisotopic (exact) mass is 333 g/mol. The summed E-state index contributed by atoms with van der Waals surface area (Å²) in [4.78, 5) is 20.7. The van der Waals surface area contributed by atoms with E-state index in [2.05, 4.69) is 9.88 Å². The van der Waals surface area contributed by atoms with Crippen molar-refractivity contribution in [2.45, 2.75) is 33.3 Å². The first-order valence-corrected chi connectivity index (χ1v) is 8.66. The Morgan fingerprint density at radius 3 is 2.46 bits per heavy atom. The number of carbonyl (C=O) groups excluding carboxylic acids is 1. The van der Waals surface area contributed by atoms with Gasteiger partial charge in [-0.3, -0.25) is 4.98 Å². The highest BCUT2D eigenvalue weighted by molar-refractivity contribution is 5.68. The lowest BCUT2D eigenvalue weighted by atomic mass is 10.0. The molecule has 6 nitrogen and oxygen atoms in total. The largest absolute Gasteiger partial charge is 0.492 e. The van der Waals surface area contributed by atoms with E-state index in [1.807, 2.05) is 44.9 Å². The molecule has 24 heavy (non-hydrogen) atoms. The maximum Gasteiger partial charge on any atom is 0.410 e. The summed E-state index contributed by atoms with van der Waals surface area (Å²) >= 11 is 0. The molecule has 132 valence electrons. The number of nitrogens with zero attached hydrogens (tertiary/aromatic N) is 3. The Balaban J connectivity index is 1.59. The Morgan fingerprint density at radius 2 is 1.88 bits per heavy atom. The van der Waals surface area contributed by atoms with Crippen LogP contribution in [0.1, 0.15) is 27.7 Å². The van der Waals surface area contributed by atoms with Crippen molar-refractivity contribution in [1.82, 2.24) is 9.88 Å². The van der Waals surface area contributed by atoms with Gasteiger partial charge in [0, 0.05) is 44.1 Å². The summed E-state index contributed by atoms with van der Waals surface area (Å²) in [6.45, 7) is 11.8. The average Bonchev–Trinajstić information content (AvgIpc) is 3.04. The second-order valence-electron chi connectivity index (χ2n) is 7.62. The van der Waals surface area contributed by atoms with Crippen molar-refractivity contribution in [3.63, 3.8) is 0 Å². The van der Waals surface area contributed by atoms with Gasteiger partial charge in [-0.2, -0.15) is 0 Å². The normalized spacial score (nSPS) is 23.3. The first-order chi connectivity index (χ1) is 11.4. The van der Waals surface area contributed by atoms with Crippen LogP contribution in [0.5, 0.6) is 5.75 Å². The van der Waals surface area contributed by atoms with Gasteiger partial charge < -0.3 is 19.3 Å². The fraction of sp³-hybridized carbons (Fsp3) is 0.667. The molecule has 0 N–H and O–H groups in total. The molecule has 2 fully saturated rings. The number of hydrogen-bond donors (Lipinski definition) is 0. The SMILES string of the molecule is CCOc1cncc(N2CC3CN(C(=O)OC(C)(C)C)CC3C2)c1. The minimum absolute atomic E-state index is 0.191. The van der Waals surface area contributed by atoms with Crippen LogP contribution in [0.4, 0.5) is 10.5 Å². The highest BCUT2D eigenvalue weighted by Crippen LogP contribution is 2.35. The molecule has 3 rings (SSSR count). The first kappa shape index (κ1) is 16.9. The molecule has 2 unspecified atom stereocenters. The van der Waals surface area contributed by atoms with Gasteiger partial charge in [-0.15, -0.1) is 0 Å². The smallest absolute Gasteiger partial charge is 0.410 e. The van der Waals surface area contributed by atoms with Crippen LogP contribution in [-0.4, -0.2) is 54.4 Å². The van der Waals surface area contributed by atoms with Crippen LogP contribution in [0.3, 0.4) is 0 Å². The molecule has 3 heterocycles. The van der Waals surface area contributed by atoms with Crippen LogP contribution < -0.4 is 9.64 Å². The van der Waals surface area contributed by atoms with Crippen LogP contribution in [0.2, 0.25) is 0 Å². The zero-order chi connectivity index (χ0) is 17.3. The molecule has 1 aromatic heterocycles. The van der Waals surface area contributed by atoms with E-state index in [-0.39, 0.29) is 6.09 Å². The molecule has 6 heteroatoms. The Labute approximate surface area is 143 Å². The Kier molecular flexibility index (Phi) is 4.56. The van der Waals surface area contributed by atoms with E-state index in [4.69, 9.17) is 9.47 Å². The van der Waals surface area contributed by atoms with Crippen LogP contribution >= 0.6 is 0 Å². The molecule has 2 aliphatic rings. The molecule has 0 bridgehead atoms. The summed E-state index contributed by atoms with van der Waals surface area (Å²) in [7, 11) is 0. The van der Waals surface area contributed by atoms with Gasteiger partial charge in [0.15, 0.2) is 0 Å². The van der Waals surface area contributed by atoms with E-state index in [0.29, 0.717) is 18.4 Å². The van der Waals surface area contributed by atoms with Gasteiger partial charge in [0.2, 0.25) is 0 Å². The summed E-state index contributed by atoms with van der Waals surface area (Å²) in [6.07, 6.45) is 3.44. The van der Waals surface area contributed by atoms with Gasteiger partial charge in [-0.25, -0.2) is 4.79 Å². The third-order valence-electron chi connectivity index (χ3n) is 4.51. The van der Waals surface area contributed by atoms with Crippen molar-refractivity contribution in [3.05, 3.63) is 18.5 Å². The van der Waals surface area contributed by atoms with Crippen molar-refractivity contribution in [2.24, 2.45) is 11.8 Å². The van der Waals surface area contributed by atoms with Gasteiger partial charge in [0.05, 0.1) is 24.7 Å². The van der Waals surface area contributed by atoms with Gasteiger partial charge >= 0.3 is 6.09 Å². The van der Waals surface area contributed by atoms with E-state index in [0.717, 1.165) is 37.6 Å². The number of rotatable bonds is 3. The molecule has 0 radical (unpaired) electrons. The number of anilines is 1. The molecule has 2 aliphatic heterocycles. The second kappa shape index (κ2) is 6.49. The fourth-order valence-electron chi connectivity index (χ4n) is 3.51. The highest BCUT2D eigenvalue weighted by Gasteiger charge is 2.42. The number of aromatic nitrogens is 1. The number of ether oxygens (including phenoxy) is 2. The topological polar surface area (TPSA) is 54.9 Å². The van der Waals surface area contributed by atoms with Crippen molar-refractivity contribution in [2.75, 3.05) is 37.7 Å². The van der Waals surface area contributed by atoms with Gasteiger partial charge in [-0.05, 0) is 27.7 Å². The third kappa shape index (κ3) is 3.74. The van der Waals surface area contributed by atoms with E-state index in [1.165, 1.54) is 0 Å². The summed E-state index contributed by atoms with van der Waals surface area (Å²) in [6, 6.07) is 2.04. The molecule has 0 aromatic carbocycles. The number of likely N-dealkylation sites (tertiary alicyclic amines) is 1. The molecule has 0 saturated carbocycles. The lowest BCUT2D eigenvalue weighted by molar-refractivity contribution is 0.0282. The summed E-state index contributed by atoms with van der Waals surface area (Å²) in [5.74, 6) is 1.80. The molecule has 1 aromatic rings. The molecular weight excluding hydrogens is 306 g/mol. The lowest BCUT2D eigenvalue weighted by Gasteiger charge is -2.26. The van der Waals surface area contributed by atoms with E-state index >= 15 is 0 Å². The molecule has 0 spiro atoms. The molecule has 1 amide bonds. The molecule has 2 atom stereocenters. The first-order valence-electron chi connectivity index (χ1n) is 8.66. The molecule has 0 aliphatic carbocycles. The van der Waals surface area contributed by atoms with Crippen LogP contribution in [-0.2, 0) is 4.74 Å².